The Balaban J connectivity index is 1.95. The summed E-state index contributed by atoms with van der Waals surface area (Å²) in [6.45, 7) is 11.0. The largest absolute Gasteiger partial charge is 0.465 e. The molecule has 32 heavy (non-hydrogen) atoms. The highest BCUT2D eigenvalue weighted by atomic mass is 16.6. The molecule has 2 rings (SSSR count). The first-order chi connectivity index (χ1) is 15.2. The van der Waals surface area contributed by atoms with Crippen molar-refractivity contribution in [2.45, 2.75) is 91.7 Å². The highest BCUT2D eigenvalue weighted by Crippen LogP contribution is 2.22. The van der Waals surface area contributed by atoms with Gasteiger partial charge in [0.25, 0.3) is 0 Å². The highest BCUT2D eigenvalue weighted by Gasteiger charge is 2.26. The maximum absolute atomic E-state index is 13.0. The lowest BCUT2D eigenvalue weighted by molar-refractivity contribution is 0.0284. The van der Waals surface area contributed by atoms with Gasteiger partial charge < -0.3 is 19.6 Å². The summed E-state index contributed by atoms with van der Waals surface area (Å²) >= 11 is 0. The second-order valence-electron chi connectivity index (χ2n) is 10.2. The van der Waals surface area contributed by atoms with Crippen molar-refractivity contribution >= 4 is 12.2 Å². The van der Waals surface area contributed by atoms with Crippen LogP contribution in [0.4, 0.5) is 9.59 Å². The monoisotopic (exact) mass is 446 g/mol. The smallest absolute Gasteiger partial charge is 0.410 e. The molecule has 1 aromatic carbocycles. The molecule has 6 heteroatoms. The van der Waals surface area contributed by atoms with Crippen LogP contribution >= 0.6 is 0 Å². The SMILES string of the molecule is CCCCCCCN(Cc1ccc(CC(C)(C)C)cc1)C(=O)OC1CCN(C(=O)O)CC1. The summed E-state index contributed by atoms with van der Waals surface area (Å²) in [5, 5.41) is 9.11. The van der Waals surface area contributed by atoms with Gasteiger partial charge in [0.1, 0.15) is 6.10 Å². The Labute approximate surface area is 193 Å². The van der Waals surface area contributed by atoms with Gasteiger partial charge in [-0.25, -0.2) is 9.59 Å². The average molecular weight is 447 g/mol. The van der Waals surface area contributed by atoms with Gasteiger partial charge in [-0.1, -0.05) is 77.6 Å². The second kappa shape index (κ2) is 12.7. The van der Waals surface area contributed by atoms with E-state index in [1.165, 1.54) is 29.7 Å². The van der Waals surface area contributed by atoms with Crippen LogP contribution in [-0.4, -0.2) is 52.8 Å². The highest BCUT2D eigenvalue weighted by molar-refractivity contribution is 5.68. The van der Waals surface area contributed by atoms with E-state index in [2.05, 4.69) is 52.0 Å². The van der Waals surface area contributed by atoms with Crippen molar-refractivity contribution in [3.8, 4) is 0 Å². The van der Waals surface area contributed by atoms with Crippen LogP contribution in [0.25, 0.3) is 0 Å². The topological polar surface area (TPSA) is 70.1 Å². The molecule has 180 valence electrons. The molecule has 0 aromatic heterocycles. The van der Waals surface area contributed by atoms with Crippen molar-refractivity contribution in [3.63, 3.8) is 0 Å². The number of ether oxygens (including phenoxy) is 1. The summed E-state index contributed by atoms with van der Waals surface area (Å²) in [5.74, 6) is 0. The number of hydrogen-bond acceptors (Lipinski definition) is 3. The maximum Gasteiger partial charge on any atom is 0.410 e. The molecule has 1 aliphatic heterocycles. The molecule has 1 N–H and O–H groups in total. The van der Waals surface area contributed by atoms with E-state index in [-0.39, 0.29) is 17.6 Å². The molecule has 0 atom stereocenters. The van der Waals surface area contributed by atoms with Crippen molar-refractivity contribution in [2.24, 2.45) is 5.41 Å². The third-order valence-corrected chi connectivity index (χ3v) is 5.90. The normalized spacial score (nSPS) is 14.9. The molecule has 1 aliphatic rings. The number of piperidine rings is 1. The predicted molar refractivity (Wildman–Crippen MR) is 128 cm³/mol. The van der Waals surface area contributed by atoms with E-state index in [0.717, 1.165) is 24.8 Å². The molecule has 0 saturated carbocycles. The van der Waals surface area contributed by atoms with E-state index >= 15 is 0 Å². The van der Waals surface area contributed by atoms with E-state index in [1.54, 1.807) is 0 Å². The van der Waals surface area contributed by atoms with Crippen LogP contribution in [0.1, 0.15) is 83.8 Å². The number of carboxylic acid groups (broad SMARTS) is 1. The van der Waals surface area contributed by atoms with Gasteiger partial charge >= 0.3 is 12.2 Å². The zero-order valence-corrected chi connectivity index (χ0v) is 20.4. The first-order valence-corrected chi connectivity index (χ1v) is 12.2. The standard InChI is InChI=1S/C26H42N2O4/c1-5-6-7-8-9-16-28(20-22-12-10-21(11-13-22)19-26(2,3)4)25(31)32-23-14-17-27(18-15-23)24(29)30/h10-13,23H,5-9,14-20H2,1-4H3,(H,29,30). The van der Waals surface area contributed by atoms with Crippen LogP contribution in [0.3, 0.4) is 0 Å². The predicted octanol–water partition coefficient (Wildman–Crippen LogP) is 6.33. The molecule has 0 bridgehead atoms. The van der Waals surface area contributed by atoms with Gasteiger partial charge in [-0.3, -0.25) is 0 Å². The summed E-state index contributed by atoms with van der Waals surface area (Å²) < 4.78 is 5.79. The summed E-state index contributed by atoms with van der Waals surface area (Å²) in [5.41, 5.74) is 2.65. The Bertz CT molecular complexity index is 704. The molecule has 2 amide bonds. The molecule has 0 aliphatic carbocycles. The fraction of sp³-hybridized carbons (Fsp3) is 0.692. The fourth-order valence-corrected chi connectivity index (χ4v) is 4.12. The maximum atomic E-state index is 13.0. The third-order valence-electron chi connectivity index (χ3n) is 5.90. The molecule has 6 nitrogen and oxygen atoms in total. The quantitative estimate of drug-likeness (QED) is 0.427. The van der Waals surface area contributed by atoms with Gasteiger partial charge in [-0.2, -0.15) is 0 Å². The van der Waals surface area contributed by atoms with Crippen LogP contribution in [-0.2, 0) is 17.7 Å². The van der Waals surface area contributed by atoms with Crippen LogP contribution in [0, 0.1) is 5.41 Å². The minimum Gasteiger partial charge on any atom is -0.465 e. The van der Waals surface area contributed by atoms with Crippen LogP contribution in [0.2, 0.25) is 0 Å². The molecule has 1 heterocycles. The van der Waals surface area contributed by atoms with Crippen molar-refractivity contribution in [3.05, 3.63) is 35.4 Å². The van der Waals surface area contributed by atoms with E-state index in [0.29, 0.717) is 39.0 Å². The first kappa shape index (κ1) is 26.0. The number of carbonyl (C=O) groups is 2. The number of benzene rings is 1. The van der Waals surface area contributed by atoms with Crippen molar-refractivity contribution in [1.82, 2.24) is 9.80 Å². The fourth-order valence-electron chi connectivity index (χ4n) is 4.12. The zero-order chi connectivity index (χ0) is 23.6. The average Bonchev–Trinajstić information content (AvgIpc) is 2.73. The molecule has 1 aromatic rings. The molecule has 1 fully saturated rings. The van der Waals surface area contributed by atoms with Gasteiger partial charge in [-0.15, -0.1) is 0 Å². The summed E-state index contributed by atoms with van der Waals surface area (Å²) in [4.78, 5) is 27.3. The Morgan fingerprint density at radius 1 is 1.03 bits per heavy atom. The lowest BCUT2D eigenvalue weighted by Gasteiger charge is -2.31. The number of rotatable bonds is 10. The molecular formula is C26H42N2O4. The number of likely N-dealkylation sites (tertiary alicyclic amines) is 1. The molecular weight excluding hydrogens is 404 g/mol. The van der Waals surface area contributed by atoms with E-state index in [1.807, 2.05) is 4.90 Å². The van der Waals surface area contributed by atoms with Gasteiger partial charge in [0, 0.05) is 39.0 Å². The minimum absolute atomic E-state index is 0.213. The lowest BCUT2D eigenvalue weighted by Crippen LogP contribution is -2.42. The summed E-state index contributed by atoms with van der Waals surface area (Å²) in [6.07, 6.45) is 6.42. The van der Waals surface area contributed by atoms with Crippen LogP contribution < -0.4 is 0 Å². The van der Waals surface area contributed by atoms with E-state index in [9.17, 15) is 9.59 Å². The zero-order valence-electron chi connectivity index (χ0n) is 20.4. The molecule has 1 saturated heterocycles. The Hall–Kier alpha value is -2.24. The first-order valence-electron chi connectivity index (χ1n) is 12.2. The number of unbranched alkanes of at least 4 members (excludes halogenated alkanes) is 4. The lowest BCUT2D eigenvalue weighted by atomic mass is 9.88. The van der Waals surface area contributed by atoms with Crippen molar-refractivity contribution in [1.29, 1.82) is 0 Å². The van der Waals surface area contributed by atoms with Gasteiger partial charge in [0.15, 0.2) is 0 Å². The number of hydrogen-bond donors (Lipinski definition) is 1. The summed E-state index contributed by atoms with van der Waals surface area (Å²) in [7, 11) is 0. The van der Waals surface area contributed by atoms with E-state index in [4.69, 9.17) is 9.84 Å². The van der Waals surface area contributed by atoms with Crippen molar-refractivity contribution < 1.29 is 19.4 Å². The molecule has 0 radical (unpaired) electrons. The van der Waals surface area contributed by atoms with Gasteiger partial charge in [0.05, 0.1) is 0 Å². The van der Waals surface area contributed by atoms with E-state index < -0.39 is 6.09 Å². The molecule has 0 unspecified atom stereocenters. The summed E-state index contributed by atoms with van der Waals surface area (Å²) in [6, 6.07) is 8.55. The van der Waals surface area contributed by atoms with Crippen molar-refractivity contribution in [2.75, 3.05) is 19.6 Å². The number of nitrogens with zero attached hydrogens (tertiary/aromatic N) is 2. The Morgan fingerprint density at radius 2 is 1.62 bits per heavy atom. The molecule has 0 spiro atoms. The van der Waals surface area contributed by atoms with Crippen LogP contribution in [0.15, 0.2) is 24.3 Å². The van der Waals surface area contributed by atoms with Crippen LogP contribution in [0.5, 0.6) is 0 Å². The second-order valence-corrected chi connectivity index (χ2v) is 10.2. The Kier molecular flexibility index (Phi) is 10.3. The third kappa shape index (κ3) is 9.49. The minimum atomic E-state index is -0.904. The van der Waals surface area contributed by atoms with Gasteiger partial charge in [0.2, 0.25) is 0 Å². The number of amides is 2. The Morgan fingerprint density at radius 3 is 2.19 bits per heavy atom. The van der Waals surface area contributed by atoms with Gasteiger partial charge in [-0.05, 0) is 29.4 Å². The number of carbonyl (C=O) groups excluding carboxylic acids is 1.